The van der Waals surface area contributed by atoms with Crippen LogP contribution in [-0.2, 0) is 19.1 Å². The summed E-state index contributed by atoms with van der Waals surface area (Å²) >= 11 is 12.0. The Morgan fingerprint density at radius 1 is 1.29 bits per heavy atom. The van der Waals surface area contributed by atoms with Crippen molar-refractivity contribution in [3.8, 4) is 11.5 Å². The number of carbonyl (C=O) groups excluding carboxylic acids is 2. The standard InChI is InChI=1S/C21H16BrClINO6/c1-3-29-17-8-11(6-14(23)19(17)30-10-18(26)28-2)7-16-21(27)31-20(25-16)12-4-5-15(24)13(22)9-12/h4-9H,3,10H2,1-2H3/b16-7-. The molecule has 7 nitrogen and oxygen atoms in total. The van der Waals surface area contributed by atoms with Crippen molar-refractivity contribution in [2.24, 2.45) is 4.99 Å². The number of cyclic esters (lactones) is 1. The molecule has 0 aromatic heterocycles. The molecular weight excluding hydrogens is 604 g/mol. The van der Waals surface area contributed by atoms with E-state index in [1.807, 2.05) is 18.2 Å². The molecule has 0 aliphatic carbocycles. The number of carbonyl (C=O) groups is 2. The first-order valence-electron chi connectivity index (χ1n) is 8.96. The van der Waals surface area contributed by atoms with Crippen LogP contribution >= 0.6 is 50.1 Å². The molecule has 0 unspecified atom stereocenters. The van der Waals surface area contributed by atoms with Gasteiger partial charge in [0.25, 0.3) is 0 Å². The molecule has 0 bridgehead atoms. The van der Waals surface area contributed by atoms with Gasteiger partial charge in [-0.05, 0) is 87.4 Å². The second kappa shape index (κ2) is 10.5. The van der Waals surface area contributed by atoms with Crippen LogP contribution in [-0.4, -0.2) is 38.2 Å². The SMILES string of the molecule is CCOc1cc(/C=C2\N=C(c3ccc(I)c(Br)c3)OC2=O)cc(Cl)c1OCC(=O)OC. The highest BCUT2D eigenvalue weighted by atomic mass is 127. The summed E-state index contributed by atoms with van der Waals surface area (Å²) in [6, 6.07) is 8.75. The average Bonchev–Trinajstić information content (AvgIpc) is 3.09. The van der Waals surface area contributed by atoms with Gasteiger partial charge in [-0.3, -0.25) is 0 Å². The van der Waals surface area contributed by atoms with Gasteiger partial charge < -0.3 is 18.9 Å². The molecule has 0 saturated heterocycles. The van der Waals surface area contributed by atoms with Crippen molar-refractivity contribution >= 4 is 74.0 Å². The van der Waals surface area contributed by atoms with E-state index in [9.17, 15) is 9.59 Å². The fourth-order valence-corrected chi connectivity index (χ4v) is 3.57. The second-order valence-electron chi connectivity index (χ2n) is 6.09. The number of esters is 2. The van der Waals surface area contributed by atoms with Crippen molar-refractivity contribution in [1.29, 1.82) is 0 Å². The van der Waals surface area contributed by atoms with Crippen molar-refractivity contribution in [3.63, 3.8) is 0 Å². The lowest BCUT2D eigenvalue weighted by atomic mass is 10.1. The Hall–Kier alpha value is -2.11. The van der Waals surface area contributed by atoms with Crippen molar-refractivity contribution < 1.29 is 28.5 Å². The summed E-state index contributed by atoms with van der Waals surface area (Å²) < 4.78 is 22.8. The molecule has 10 heteroatoms. The lowest BCUT2D eigenvalue weighted by molar-refractivity contribution is -0.143. The Bertz CT molecular complexity index is 1100. The summed E-state index contributed by atoms with van der Waals surface area (Å²) in [6.45, 7) is 1.83. The summed E-state index contributed by atoms with van der Waals surface area (Å²) in [5.74, 6) is -0.393. The van der Waals surface area contributed by atoms with E-state index in [4.69, 9.17) is 25.8 Å². The Morgan fingerprint density at radius 2 is 2.06 bits per heavy atom. The van der Waals surface area contributed by atoms with E-state index < -0.39 is 11.9 Å². The summed E-state index contributed by atoms with van der Waals surface area (Å²) in [4.78, 5) is 28.0. The minimum Gasteiger partial charge on any atom is -0.490 e. The molecule has 2 aromatic carbocycles. The van der Waals surface area contributed by atoms with Gasteiger partial charge in [0, 0.05) is 13.6 Å². The number of methoxy groups -OCH3 is 1. The Balaban J connectivity index is 1.92. The third kappa shape index (κ3) is 5.78. The number of aliphatic imine (C=N–C) groups is 1. The number of halogens is 3. The molecule has 0 N–H and O–H groups in total. The second-order valence-corrected chi connectivity index (χ2v) is 8.52. The van der Waals surface area contributed by atoms with Crippen LogP contribution < -0.4 is 9.47 Å². The summed E-state index contributed by atoms with van der Waals surface area (Å²) in [7, 11) is 1.26. The zero-order valence-corrected chi connectivity index (χ0v) is 20.9. The van der Waals surface area contributed by atoms with E-state index in [2.05, 4.69) is 48.3 Å². The smallest absolute Gasteiger partial charge is 0.363 e. The fraction of sp³-hybridized carbons (Fsp3) is 0.190. The van der Waals surface area contributed by atoms with Gasteiger partial charge in [0.2, 0.25) is 5.90 Å². The van der Waals surface area contributed by atoms with E-state index in [1.165, 1.54) is 13.2 Å². The predicted molar refractivity (Wildman–Crippen MR) is 128 cm³/mol. The number of rotatable bonds is 7. The van der Waals surface area contributed by atoms with E-state index in [0.29, 0.717) is 23.5 Å². The molecular formula is C21H16BrClINO6. The minimum atomic E-state index is -0.579. The van der Waals surface area contributed by atoms with Crippen molar-refractivity contribution in [2.45, 2.75) is 6.92 Å². The number of hydrogen-bond donors (Lipinski definition) is 0. The normalized spacial score (nSPS) is 14.3. The molecule has 3 rings (SSSR count). The first-order valence-corrected chi connectivity index (χ1v) is 11.2. The zero-order valence-electron chi connectivity index (χ0n) is 16.4. The molecule has 1 aliphatic rings. The van der Waals surface area contributed by atoms with Gasteiger partial charge in [0.15, 0.2) is 23.8 Å². The van der Waals surface area contributed by atoms with E-state index >= 15 is 0 Å². The van der Waals surface area contributed by atoms with Crippen molar-refractivity contribution in [3.05, 3.63) is 60.2 Å². The molecule has 1 aliphatic heterocycles. The molecule has 0 fully saturated rings. The zero-order chi connectivity index (χ0) is 22.5. The van der Waals surface area contributed by atoms with Gasteiger partial charge >= 0.3 is 11.9 Å². The van der Waals surface area contributed by atoms with Crippen LogP contribution in [0.4, 0.5) is 0 Å². The quantitative estimate of drug-likeness (QED) is 0.246. The number of hydrogen-bond acceptors (Lipinski definition) is 7. The van der Waals surface area contributed by atoms with Crippen LogP contribution in [0.1, 0.15) is 18.1 Å². The summed E-state index contributed by atoms with van der Waals surface area (Å²) in [6.07, 6.45) is 1.54. The maximum atomic E-state index is 12.3. The van der Waals surface area contributed by atoms with E-state index in [1.54, 1.807) is 19.1 Å². The highest BCUT2D eigenvalue weighted by Crippen LogP contribution is 2.37. The third-order valence-electron chi connectivity index (χ3n) is 3.98. The molecule has 1 heterocycles. The molecule has 2 aromatic rings. The maximum absolute atomic E-state index is 12.3. The van der Waals surface area contributed by atoms with Gasteiger partial charge in [0.05, 0.1) is 18.7 Å². The van der Waals surface area contributed by atoms with Crippen molar-refractivity contribution in [1.82, 2.24) is 0 Å². The van der Waals surface area contributed by atoms with Gasteiger partial charge in [-0.2, -0.15) is 0 Å². The van der Waals surface area contributed by atoms with Crippen LogP contribution in [0.5, 0.6) is 11.5 Å². The average molecular weight is 621 g/mol. The summed E-state index contributed by atoms with van der Waals surface area (Å²) in [5, 5.41) is 0.207. The topological polar surface area (TPSA) is 83.4 Å². The summed E-state index contributed by atoms with van der Waals surface area (Å²) in [5.41, 5.74) is 1.34. The first-order chi connectivity index (χ1) is 14.8. The number of ether oxygens (including phenoxy) is 4. The van der Waals surface area contributed by atoms with Crippen LogP contribution in [0.2, 0.25) is 5.02 Å². The molecule has 0 radical (unpaired) electrons. The van der Waals surface area contributed by atoms with Gasteiger partial charge in [0.1, 0.15) is 0 Å². The molecule has 31 heavy (non-hydrogen) atoms. The van der Waals surface area contributed by atoms with E-state index in [0.717, 1.165) is 8.04 Å². The van der Waals surface area contributed by atoms with Crippen LogP contribution in [0.25, 0.3) is 6.08 Å². The lowest BCUT2D eigenvalue weighted by Crippen LogP contribution is -2.13. The molecule has 0 saturated carbocycles. The van der Waals surface area contributed by atoms with Crippen molar-refractivity contribution in [2.75, 3.05) is 20.3 Å². The monoisotopic (exact) mass is 619 g/mol. The first kappa shape index (κ1) is 23.6. The Kier molecular flexibility index (Phi) is 7.95. The minimum absolute atomic E-state index is 0.117. The molecule has 0 atom stereocenters. The van der Waals surface area contributed by atoms with Gasteiger partial charge in [-0.1, -0.05) is 11.6 Å². The van der Waals surface area contributed by atoms with Crippen LogP contribution in [0.15, 0.2) is 45.5 Å². The highest BCUT2D eigenvalue weighted by molar-refractivity contribution is 14.1. The van der Waals surface area contributed by atoms with Gasteiger partial charge in [-0.25, -0.2) is 14.6 Å². The van der Waals surface area contributed by atoms with Gasteiger partial charge in [-0.15, -0.1) is 0 Å². The highest BCUT2D eigenvalue weighted by Gasteiger charge is 2.25. The van der Waals surface area contributed by atoms with Crippen LogP contribution in [0, 0.1) is 3.57 Å². The predicted octanol–water partition coefficient (Wildman–Crippen LogP) is 5.00. The lowest BCUT2D eigenvalue weighted by Gasteiger charge is -2.13. The molecule has 162 valence electrons. The third-order valence-corrected chi connectivity index (χ3v) is 6.60. The fourth-order valence-electron chi connectivity index (χ4n) is 2.58. The molecule has 0 spiro atoms. The Labute approximate surface area is 205 Å². The molecule has 0 amide bonds. The largest absolute Gasteiger partial charge is 0.490 e. The number of benzene rings is 2. The maximum Gasteiger partial charge on any atom is 0.363 e. The Morgan fingerprint density at radius 3 is 2.74 bits per heavy atom. The van der Waals surface area contributed by atoms with E-state index in [-0.39, 0.29) is 29.0 Å². The van der Waals surface area contributed by atoms with Crippen LogP contribution in [0.3, 0.4) is 0 Å². The number of nitrogens with zero attached hydrogens (tertiary/aromatic N) is 1.